The molecule has 6 nitrogen and oxygen atoms in total. The SMILES string of the molecule is CCCCCCCCCC=CC=CC=CC=CC=CC(=O)[O-].CCCCCCCCCC=CC=CC=CC=CC=CC(=O)[O-].CCCCCCCCCC=CC=CC=CC=CC=CC(=O)[O-].[Al+3]. The summed E-state index contributed by atoms with van der Waals surface area (Å²) < 4.78 is 0. The van der Waals surface area contributed by atoms with Crippen LogP contribution >= 0.6 is 0 Å². The molecule has 0 aromatic heterocycles. The average molecular weight is 931 g/mol. The van der Waals surface area contributed by atoms with Gasteiger partial charge < -0.3 is 29.7 Å². The first kappa shape index (κ1) is 68.6. The van der Waals surface area contributed by atoms with Gasteiger partial charge in [-0.15, -0.1) is 0 Å². The van der Waals surface area contributed by atoms with E-state index in [9.17, 15) is 29.7 Å². The van der Waals surface area contributed by atoms with Gasteiger partial charge in [0.05, 0.1) is 17.9 Å². The van der Waals surface area contributed by atoms with Gasteiger partial charge in [-0.3, -0.25) is 0 Å². The number of hydrogen-bond acceptors (Lipinski definition) is 6. The molecule has 0 N–H and O–H groups in total. The Kier molecular flexibility index (Phi) is 66.9. The Morgan fingerprint density at radius 2 is 0.418 bits per heavy atom. The van der Waals surface area contributed by atoms with Gasteiger partial charge >= 0.3 is 17.4 Å². The van der Waals surface area contributed by atoms with Crippen LogP contribution in [0.5, 0.6) is 0 Å². The van der Waals surface area contributed by atoms with E-state index in [1.807, 2.05) is 72.9 Å². The molecule has 0 saturated carbocycles. The van der Waals surface area contributed by atoms with E-state index in [0.29, 0.717) is 0 Å². The summed E-state index contributed by atoms with van der Waals surface area (Å²) in [6, 6.07) is 0. The molecular formula is C60H87AlO6. The molecule has 0 aliphatic carbocycles. The topological polar surface area (TPSA) is 120 Å². The van der Waals surface area contributed by atoms with E-state index in [-0.39, 0.29) is 17.4 Å². The number of hydrogen-bond donors (Lipinski definition) is 0. The van der Waals surface area contributed by atoms with Crippen molar-refractivity contribution >= 4 is 35.3 Å². The third kappa shape index (κ3) is 78.6. The van der Waals surface area contributed by atoms with Gasteiger partial charge in [0, 0.05) is 0 Å². The number of rotatable bonds is 39. The first-order valence-electron chi connectivity index (χ1n) is 24.9. The molecule has 0 aromatic rings. The fourth-order valence-electron chi connectivity index (χ4n) is 5.74. The number of carboxylic acid groups (broad SMARTS) is 3. The van der Waals surface area contributed by atoms with Crippen molar-refractivity contribution in [1.29, 1.82) is 0 Å². The molecule has 0 aromatic carbocycles. The molecule has 0 bridgehead atoms. The second-order valence-corrected chi connectivity index (χ2v) is 15.5. The molecule has 0 radical (unpaired) electrons. The van der Waals surface area contributed by atoms with Gasteiger partial charge in [-0.25, -0.2) is 0 Å². The van der Waals surface area contributed by atoms with Crippen molar-refractivity contribution in [3.05, 3.63) is 182 Å². The molecule has 0 aliphatic heterocycles. The fraction of sp³-hybridized carbons (Fsp3) is 0.450. The van der Waals surface area contributed by atoms with Gasteiger partial charge in [-0.05, 0) is 56.8 Å². The molecule has 0 rings (SSSR count). The summed E-state index contributed by atoms with van der Waals surface area (Å²) in [5.41, 5.74) is 0. The average Bonchev–Trinajstić information content (AvgIpc) is 3.29. The van der Waals surface area contributed by atoms with Crippen molar-refractivity contribution in [2.45, 2.75) is 175 Å². The zero-order valence-electron chi connectivity index (χ0n) is 41.8. The molecule has 7 heteroatoms. The van der Waals surface area contributed by atoms with Crippen LogP contribution in [0, 0.1) is 0 Å². The predicted molar refractivity (Wildman–Crippen MR) is 286 cm³/mol. The number of carboxylic acids is 3. The monoisotopic (exact) mass is 931 g/mol. The number of carbonyl (C=O) groups excluding carboxylic acids is 3. The Hall–Kier alpha value is -4.96. The van der Waals surface area contributed by atoms with E-state index in [1.54, 1.807) is 36.5 Å². The quantitative estimate of drug-likeness (QED) is 0.0262. The summed E-state index contributed by atoms with van der Waals surface area (Å²) in [4.78, 5) is 30.3. The maximum atomic E-state index is 10.1. The maximum Gasteiger partial charge on any atom is 3.00 e. The first-order valence-corrected chi connectivity index (χ1v) is 24.9. The fourth-order valence-corrected chi connectivity index (χ4v) is 5.74. The van der Waals surface area contributed by atoms with E-state index in [0.717, 1.165) is 37.5 Å². The predicted octanol–water partition coefficient (Wildman–Crippen LogP) is 13.6. The van der Waals surface area contributed by atoms with Gasteiger partial charge in [0.15, 0.2) is 0 Å². The molecule has 0 spiro atoms. The Morgan fingerprint density at radius 1 is 0.254 bits per heavy atom. The van der Waals surface area contributed by atoms with Gasteiger partial charge in [-0.2, -0.15) is 0 Å². The first-order chi connectivity index (χ1) is 32.3. The third-order valence-corrected chi connectivity index (χ3v) is 9.36. The Labute approximate surface area is 420 Å². The molecule has 0 saturated heterocycles. The standard InChI is InChI=1S/3C20H30O2.Al/c3*1-2-3-4-5-6-7-8-9-10-11-12-13-14-15-16-17-18-19-20(21)22;/h3*10-19H,2-9H2,1H3,(H,21,22);/q;;;+3/p-3. The maximum absolute atomic E-state index is 10.1. The second kappa shape index (κ2) is 65.3. The number of carbonyl (C=O) groups is 3. The van der Waals surface area contributed by atoms with Gasteiger partial charge in [0.1, 0.15) is 0 Å². The van der Waals surface area contributed by atoms with E-state index in [1.165, 1.54) is 153 Å². The van der Waals surface area contributed by atoms with E-state index in [2.05, 4.69) is 57.2 Å². The van der Waals surface area contributed by atoms with E-state index in [4.69, 9.17) is 0 Å². The van der Waals surface area contributed by atoms with Gasteiger partial charge in [0.25, 0.3) is 0 Å². The zero-order valence-corrected chi connectivity index (χ0v) is 43.0. The van der Waals surface area contributed by atoms with E-state index < -0.39 is 17.9 Å². The molecular weight excluding hydrogens is 844 g/mol. The minimum absolute atomic E-state index is 0. The Bertz CT molecular complexity index is 1390. The van der Waals surface area contributed by atoms with Crippen LogP contribution in [0.3, 0.4) is 0 Å². The van der Waals surface area contributed by atoms with Crippen molar-refractivity contribution in [3.8, 4) is 0 Å². The molecule has 0 atom stereocenters. The minimum Gasteiger partial charge on any atom is -0.545 e. The number of unbranched alkanes of at least 4 members (excludes halogenated alkanes) is 21. The third-order valence-electron chi connectivity index (χ3n) is 9.36. The van der Waals surface area contributed by atoms with Crippen molar-refractivity contribution in [1.82, 2.24) is 0 Å². The summed E-state index contributed by atoms with van der Waals surface area (Å²) in [6.07, 6.45) is 85.3. The summed E-state index contributed by atoms with van der Waals surface area (Å²) in [7, 11) is 0. The normalized spacial score (nSPS) is 12.6. The molecule has 0 aliphatic rings. The van der Waals surface area contributed by atoms with Crippen LogP contribution in [-0.4, -0.2) is 35.3 Å². The van der Waals surface area contributed by atoms with Gasteiger partial charge in [0.2, 0.25) is 0 Å². The Balaban J connectivity index is -0.000000441. The molecule has 0 unspecified atom stereocenters. The van der Waals surface area contributed by atoms with Crippen molar-refractivity contribution in [3.63, 3.8) is 0 Å². The van der Waals surface area contributed by atoms with Crippen LogP contribution in [0.4, 0.5) is 0 Å². The summed E-state index contributed by atoms with van der Waals surface area (Å²) in [6.45, 7) is 6.74. The minimum atomic E-state index is -1.18. The van der Waals surface area contributed by atoms with Crippen LogP contribution in [0.25, 0.3) is 0 Å². The second-order valence-electron chi connectivity index (χ2n) is 15.5. The summed E-state index contributed by atoms with van der Waals surface area (Å²) in [5.74, 6) is -3.54. The number of allylic oxidation sites excluding steroid dienone is 27. The van der Waals surface area contributed by atoms with Crippen molar-refractivity contribution in [2.75, 3.05) is 0 Å². The molecule has 0 heterocycles. The van der Waals surface area contributed by atoms with Crippen LogP contribution in [0.1, 0.15) is 175 Å². The molecule has 0 fully saturated rings. The van der Waals surface area contributed by atoms with Crippen LogP contribution in [0.2, 0.25) is 0 Å². The molecule has 67 heavy (non-hydrogen) atoms. The smallest absolute Gasteiger partial charge is 0.545 e. The molecule has 366 valence electrons. The van der Waals surface area contributed by atoms with Crippen LogP contribution < -0.4 is 15.3 Å². The van der Waals surface area contributed by atoms with E-state index >= 15 is 0 Å². The van der Waals surface area contributed by atoms with Crippen molar-refractivity contribution in [2.24, 2.45) is 0 Å². The Morgan fingerprint density at radius 3 is 0.612 bits per heavy atom. The number of aliphatic carboxylic acids is 3. The van der Waals surface area contributed by atoms with Crippen LogP contribution in [-0.2, 0) is 14.4 Å². The summed E-state index contributed by atoms with van der Waals surface area (Å²) >= 11 is 0. The van der Waals surface area contributed by atoms with Gasteiger partial charge in [-0.1, -0.05) is 300 Å². The van der Waals surface area contributed by atoms with Crippen molar-refractivity contribution < 1.29 is 29.7 Å². The zero-order chi connectivity index (χ0) is 48.9. The van der Waals surface area contributed by atoms with Crippen LogP contribution in [0.15, 0.2) is 182 Å². The largest absolute Gasteiger partial charge is 3.00 e. The molecule has 0 amide bonds. The summed E-state index contributed by atoms with van der Waals surface area (Å²) in [5, 5.41) is 30.3.